The van der Waals surface area contributed by atoms with Crippen molar-refractivity contribution in [2.24, 2.45) is 11.8 Å². The first kappa shape index (κ1) is 8.13. The van der Waals surface area contributed by atoms with E-state index in [4.69, 9.17) is 0 Å². The van der Waals surface area contributed by atoms with Gasteiger partial charge in [0.1, 0.15) is 5.82 Å². The van der Waals surface area contributed by atoms with Gasteiger partial charge in [-0.15, -0.1) is 0 Å². The molecule has 15 heavy (non-hydrogen) atoms. The maximum Gasteiger partial charge on any atom is 0.343 e. The average Bonchev–Trinajstić information content (AvgIpc) is 2.50. The van der Waals surface area contributed by atoms with Gasteiger partial charge in [-0.05, 0) is 43.9 Å². The molecule has 80 valence electrons. The predicted octanol–water partition coefficient (Wildman–Crippen LogP) is 1.42. The van der Waals surface area contributed by atoms with Crippen LogP contribution in [0.1, 0.15) is 49.9 Å². The molecule has 0 spiro atoms. The standard InChI is InChI=1S/C11H15N3O/c15-11-13-12-10-8-2-6-1-7(3-8)5-9(4-6)14(10)11/h6-9H,1-5H2,(H,13,15)/t6-,7-,8?,9?/m0/s1. The van der Waals surface area contributed by atoms with Crippen LogP contribution in [0.15, 0.2) is 4.79 Å². The van der Waals surface area contributed by atoms with E-state index in [1.54, 1.807) is 0 Å². The maximum absolute atomic E-state index is 11.7. The van der Waals surface area contributed by atoms with Crippen LogP contribution in [0.4, 0.5) is 0 Å². The lowest BCUT2D eigenvalue weighted by atomic mass is 9.68. The minimum absolute atomic E-state index is 0.0169. The Balaban J connectivity index is 1.95. The summed E-state index contributed by atoms with van der Waals surface area (Å²) in [4.78, 5) is 11.7. The molecule has 4 nitrogen and oxygen atoms in total. The monoisotopic (exact) mass is 205 g/mol. The second-order valence-corrected chi connectivity index (χ2v) is 5.52. The molecular weight excluding hydrogens is 190 g/mol. The van der Waals surface area contributed by atoms with Crippen molar-refractivity contribution in [2.45, 2.75) is 44.1 Å². The van der Waals surface area contributed by atoms with Gasteiger partial charge in [-0.25, -0.2) is 9.89 Å². The van der Waals surface area contributed by atoms with E-state index in [9.17, 15) is 4.79 Å². The van der Waals surface area contributed by atoms with E-state index in [0.717, 1.165) is 17.7 Å². The fourth-order valence-corrected chi connectivity index (χ4v) is 4.19. The minimum Gasteiger partial charge on any atom is -0.276 e. The van der Waals surface area contributed by atoms with Gasteiger partial charge in [-0.2, -0.15) is 5.10 Å². The minimum atomic E-state index is 0.0169. The van der Waals surface area contributed by atoms with Gasteiger partial charge in [0.05, 0.1) is 0 Å². The molecule has 0 saturated heterocycles. The Morgan fingerprint density at radius 2 is 1.87 bits per heavy atom. The SMILES string of the molecule is O=c1[nH]nc2n1C1C[C@@H]3CC2C[C@@H](C1)C3. The van der Waals surface area contributed by atoms with Crippen LogP contribution in [0, 0.1) is 11.8 Å². The molecule has 2 aliphatic heterocycles. The van der Waals surface area contributed by atoms with E-state index < -0.39 is 0 Å². The van der Waals surface area contributed by atoms with Crippen LogP contribution in [0.5, 0.6) is 0 Å². The molecule has 2 fully saturated rings. The highest BCUT2D eigenvalue weighted by Gasteiger charge is 2.43. The van der Waals surface area contributed by atoms with Crippen molar-refractivity contribution >= 4 is 0 Å². The molecule has 1 aromatic rings. The van der Waals surface area contributed by atoms with Crippen molar-refractivity contribution in [3.05, 3.63) is 16.3 Å². The summed E-state index contributed by atoms with van der Waals surface area (Å²) in [5.41, 5.74) is 0.0169. The molecule has 0 unspecified atom stereocenters. The number of nitrogens with zero attached hydrogens (tertiary/aromatic N) is 2. The quantitative estimate of drug-likeness (QED) is 0.696. The van der Waals surface area contributed by atoms with Crippen LogP contribution in [0.3, 0.4) is 0 Å². The average molecular weight is 205 g/mol. The van der Waals surface area contributed by atoms with E-state index in [0.29, 0.717) is 12.0 Å². The molecule has 0 aromatic carbocycles. The first-order valence-electron chi connectivity index (χ1n) is 5.98. The lowest BCUT2D eigenvalue weighted by molar-refractivity contribution is 0.149. The van der Waals surface area contributed by atoms with Gasteiger partial charge in [0, 0.05) is 12.0 Å². The van der Waals surface area contributed by atoms with Crippen molar-refractivity contribution in [1.29, 1.82) is 0 Å². The molecule has 5 rings (SSSR count). The Labute approximate surface area is 87.7 Å². The van der Waals surface area contributed by atoms with Crippen molar-refractivity contribution in [3.8, 4) is 0 Å². The van der Waals surface area contributed by atoms with E-state index in [2.05, 4.69) is 10.2 Å². The predicted molar refractivity (Wildman–Crippen MR) is 54.7 cm³/mol. The molecule has 4 heteroatoms. The molecule has 2 aliphatic carbocycles. The topological polar surface area (TPSA) is 50.7 Å². The van der Waals surface area contributed by atoms with Gasteiger partial charge in [-0.3, -0.25) is 4.57 Å². The van der Waals surface area contributed by atoms with Crippen molar-refractivity contribution < 1.29 is 0 Å². The van der Waals surface area contributed by atoms with Gasteiger partial charge in [0.25, 0.3) is 0 Å². The first-order valence-corrected chi connectivity index (χ1v) is 5.98. The van der Waals surface area contributed by atoms with Gasteiger partial charge in [0.15, 0.2) is 0 Å². The van der Waals surface area contributed by atoms with Crippen LogP contribution in [-0.4, -0.2) is 14.8 Å². The zero-order chi connectivity index (χ0) is 9.99. The third-order valence-corrected chi connectivity index (χ3v) is 4.58. The number of aromatic nitrogens is 3. The second kappa shape index (κ2) is 2.54. The summed E-state index contributed by atoms with van der Waals surface area (Å²) in [6, 6.07) is 0.447. The van der Waals surface area contributed by atoms with E-state index >= 15 is 0 Å². The van der Waals surface area contributed by atoms with E-state index in [1.165, 1.54) is 32.1 Å². The fourth-order valence-electron chi connectivity index (χ4n) is 4.19. The summed E-state index contributed by atoms with van der Waals surface area (Å²) in [7, 11) is 0. The van der Waals surface area contributed by atoms with Gasteiger partial charge in [-0.1, -0.05) is 0 Å². The number of hydrogen-bond donors (Lipinski definition) is 1. The fraction of sp³-hybridized carbons (Fsp3) is 0.818. The summed E-state index contributed by atoms with van der Waals surface area (Å²) in [5, 5.41) is 6.86. The van der Waals surface area contributed by atoms with Crippen LogP contribution in [0.2, 0.25) is 0 Å². The van der Waals surface area contributed by atoms with Gasteiger partial charge in [0.2, 0.25) is 0 Å². The normalized spacial score (nSPS) is 41.6. The second-order valence-electron chi connectivity index (χ2n) is 5.52. The highest BCUT2D eigenvalue weighted by molar-refractivity contribution is 5.09. The zero-order valence-electron chi connectivity index (χ0n) is 8.65. The zero-order valence-corrected chi connectivity index (χ0v) is 8.65. The Hall–Kier alpha value is -1.06. The van der Waals surface area contributed by atoms with Crippen LogP contribution in [-0.2, 0) is 0 Å². The van der Waals surface area contributed by atoms with Crippen LogP contribution >= 0.6 is 0 Å². The van der Waals surface area contributed by atoms with E-state index in [1.807, 2.05) is 4.57 Å². The van der Waals surface area contributed by atoms with Crippen LogP contribution in [0.25, 0.3) is 0 Å². The summed E-state index contributed by atoms with van der Waals surface area (Å²) in [6.07, 6.45) is 6.34. The molecule has 4 bridgehead atoms. The molecule has 0 radical (unpaired) electrons. The van der Waals surface area contributed by atoms with Gasteiger partial charge >= 0.3 is 5.69 Å². The number of nitrogens with one attached hydrogen (secondary N) is 1. The molecule has 3 heterocycles. The third kappa shape index (κ3) is 0.971. The van der Waals surface area contributed by atoms with Crippen LogP contribution < -0.4 is 5.69 Å². The Bertz CT molecular complexity index is 447. The molecular formula is C11H15N3O. The van der Waals surface area contributed by atoms with Crippen molar-refractivity contribution in [1.82, 2.24) is 14.8 Å². The molecule has 1 aromatic heterocycles. The number of hydrogen-bond acceptors (Lipinski definition) is 2. The highest BCUT2D eigenvalue weighted by Crippen LogP contribution is 2.52. The number of H-pyrrole nitrogens is 1. The number of rotatable bonds is 0. The number of aromatic amines is 1. The van der Waals surface area contributed by atoms with Crippen molar-refractivity contribution in [3.63, 3.8) is 0 Å². The Kier molecular flexibility index (Phi) is 1.38. The molecule has 4 aliphatic rings. The molecule has 2 saturated carbocycles. The van der Waals surface area contributed by atoms with Gasteiger partial charge < -0.3 is 0 Å². The summed E-state index contributed by atoms with van der Waals surface area (Å²) >= 11 is 0. The molecule has 1 N–H and O–H groups in total. The highest BCUT2D eigenvalue weighted by atomic mass is 16.1. The lowest BCUT2D eigenvalue weighted by Gasteiger charge is -2.37. The molecule has 0 amide bonds. The molecule has 2 atom stereocenters. The van der Waals surface area contributed by atoms with E-state index in [-0.39, 0.29) is 5.69 Å². The Morgan fingerprint density at radius 1 is 1.13 bits per heavy atom. The summed E-state index contributed by atoms with van der Waals surface area (Å²) in [6.45, 7) is 0. The Morgan fingerprint density at radius 3 is 2.60 bits per heavy atom. The maximum atomic E-state index is 11.7. The smallest absolute Gasteiger partial charge is 0.276 e. The van der Waals surface area contributed by atoms with Crippen molar-refractivity contribution in [2.75, 3.05) is 0 Å². The lowest BCUT2D eigenvalue weighted by Crippen LogP contribution is -2.29. The first-order chi connectivity index (χ1) is 7.31. The summed E-state index contributed by atoms with van der Waals surface area (Å²) in [5.74, 6) is 3.32. The third-order valence-electron chi connectivity index (χ3n) is 4.58. The largest absolute Gasteiger partial charge is 0.343 e. The summed E-state index contributed by atoms with van der Waals surface area (Å²) < 4.78 is 1.96.